The highest BCUT2D eigenvalue weighted by atomic mass is 35.5. The Labute approximate surface area is 152 Å². The number of allylic oxidation sites excluding steroid dienone is 1. The van der Waals surface area contributed by atoms with Gasteiger partial charge < -0.3 is 9.47 Å². The standard InChI is InChI=1S/C20H20ClNO3/c1-24-19-9-5-4-8-16(19)15-7-3-2-6-14(15)13-25-20-11-22-10-18(21)17(20)12-23/h4-5,8-12H,2-3,6-7,13H2,1H3. The fraction of sp³-hybridized carbons (Fsp3) is 0.300. The van der Waals surface area contributed by atoms with Gasteiger partial charge in [0.05, 0.1) is 23.9 Å². The van der Waals surface area contributed by atoms with Crippen molar-refractivity contribution < 1.29 is 14.3 Å². The number of ether oxygens (including phenoxy) is 2. The monoisotopic (exact) mass is 357 g/mol. The molecule has 0 amide bonds. The Balaban J connectivity index is 1.90. The molecule has 0 saturated carbocycles. The van der Waals surface area contributed by atoms with Gasteiger partial charge in [-0.2, -0.15) is 0 Å². The zero-order valence-electron chi connectivity index (χ0n) is 14.1. The summed E-state index contributed by atoms with van der Waals surface area (Å²) in [4.78, 5) is 15.3. The molecule has 0 bridgehead atoms. The molecule has 1 aliphatic rings. The van der Waals surface area contributed by atoms with Crippen LogP contribution < -0.4 is 9.47 Å². The Morgan fingerprint density at radius 1 is 1.16 bits per heavy atom. The molecule has 4 nitrogen and oxygen atoms in total. The molecule has 0 N–H and O–H groups in total. The number of carbonyl (C=O) groups excluding carboxylic acids is 1. The molecule has 0 atom stereocenters. The van der Waals surface area contributed by atoms with Gasteiger partial charge in [-0.3, -0.25) is 9.78 Å². The fourth-order valence-electron chi connectivity index (χ4n) is 3.17. The molecule has 1 heterocycles. The van der Waals surface area contributed by atoms with Gasteiger partial charge in [0.1, 0.15) is 18.1 Å². The highest BCUT2D eigenvalue weighted by molar-refractivity contribution is 6.33. The number of hydrogen-bond donors (Lipinski definition) is 0. The molecule has 1 aromatic carbocycles. The van der Waals surface area contributed by atoms with Gasteiger partial charge in [-0.15, -0.1) is 0 Å². The van der Waals surface area contributed by atoms with E-state index < -0.39 is 0 Å². The lowest BCUT2D eigenvalue weighted by Crippen LogP contribution is -2.10. The van der Waals surface area contributed by atoms with E-state index in [9.17, 15) is 4.79 Å². The van der Waals surface area contributed by atoms with Crippen molar-refractivity contribution in [2.45, 2.75) is 25.7 Å². The van der Waals surface area contributed by atoms with Crippen molar-refractivity contribution >= 4 is 23.5 Å². The summed E-state index contributed by atoms with van der Waals surface area (Å²) in [7, 11) is 1.69. The van der Waals surface area contributed by atoms with Gasteiger partial charge in [0.2, 0.25) is 0 Å². The van der Waals surface area contributed by atoms with Crippen molar-refractivity contribution in [1.82, 2.24) is 4.98 Å². The van der Waals surface area contributed by atoms with Crippen LogP contribution in [0.1, 0.15) is 41.6 Å². The average molecular weight is 358 g/mol. The van der Waals surface area contributed by atoms with E-state index in [4.69, 9.17) is 21.1 Å². The number of rotatable bonds is 6. The predicted octanol–water partition coefficient (Wildman–Crippen LogP) is 4.96. The summed E-state index contributed by atoms with van der Waals surface area (Å²) in [5, 5.41) is 0.301. The van der Waals surface area contributed by atoms with Gasteiger partial charge in [0.15, 0.2) is 6.29 Å². The van der Waals surface area contributed by atoms with Crippen LogP contribution >= 0.6 is 11.6 Å². The lowest BCUT2D eigenvalue weighted by atomic mass is 9.87. The molecule has 0 saturated heterocycles. The summed E-state index contributed by atoms with van der Waals surface area (Å²) in [6, 6.07) is 8.04. The summed E-state index contributed by atoms with van der Waals surface area (Å²) in [6.45, 7) is 0.413. The lowest BCUT2D eigenvalue weighted by molar-refractivity contribution is 0.112. The van der Waals surface area contributed by atoms with E-state index in [0.717, 1.165) is 37.0 Å². The molecule has 3 rings (SSSR count). The highest BCUT2D eigenvalue weighted by Gasteiger charge is 2.18. The number of methoxy groups -OCH3 is 1. The predicted molar refractivity (Wildman–Crippen MR) is 98.5 cm³/mol. The quantitative estimate of drug-likeness (QED) is 0.685. The van der Waals surface area contributed by atoms with E-state index in [-0.39, 0.29) is 0 Å². The first-order chi connectivity index (χ1) is 12.2. The van der Waals surface area contributed by atoms with E-state index in [1.807, 2.05) is 18.2 Å². The molecular formula is C20H20ClNO3. The number of carbonyl (C=O) groups is 1. The fourth-order valence-corrected chi connectivity index (χ4v) is 3.36. The highest BCUT2D eigenvalue weighted by Crippen LogP contribution is 2.37. The number of hydrogen-bond acceptors (Lipinski definition) is 4. The normalized spacial score (nSPS) is 14.3. The maximum Gasteiger partial charge on any atom is 0.155 e. The van der Waals surface area contributed by atoms with Crippen LogP contribution in [0.4, 0.5) is 0 Å². The second-order valence-electron chi connectivity index (χ2n) is 5.93. The van der Waals surface area contributed by atoms with Gasteiger partial charge in [-0.25, -0.2) is 0 Å². The number of aromatic nitrogens is 1. The largest absolute Gasteiger partial charge is 0.496 e. The Morgan fingerprint density at radius 2 is 1.96 bits per heavy atom. The summed E-state index contributed by atoms with van der Waals surface area (Å²) in [5.41, 5.74) is 3.95. The molecule has 25 heavy (non-hydrogen) atoms. The van der Waals surface area contributed by atoms with Crippen molar-refractivity contribution in [3.05, 3.63) is 58.4 Å². The van der Waals surface area contributed by atoms with E-state index in [1.54, 1.807) is 7.11 Å². The van der Waals surface area contributed by atoms with Crippen molar-refractivity contribution in [2.75, 3.05) is 13.7 Å². The van der Waals surface area contributed by atoms with Crippen molar-refractivity contribution in [3.63, 3.8) is 0 Å². The van der Waals surface area contributed by atoms with Crippen LogP contribution in [0.5, 0.6) is 11.5 Å². The second-order valence-corrected chi connectivity index (χ2v) is 6.34. The molecular weight excluding hydrogens is 338 g/mol. The van der Waals surface area contributed by atoms with Gasteiger partial charge in [-0.05, 0) is 42.9 Å². The smallest absolute Gasteiger partial charge is 0.155 e. The zero-order chi connectivity index (χ0) is 17.6. The van der Waals surface area contributed by atoms with Crippen LogP contribution in [0.3, 0.4) is 0 Å². The molecule has 0 unspecified atom stereocenters. The molecule has 1 aliphatic carbocycles. The average Bonchev–Trinajstić information content (AvgIpc) is 2.66. The summed E-state index contributed by atoms with van der Waals surface area (Å²) < 4.78 is 11.4. The van der Waals surface area contributed by atoms with Crippen LogP contribution in [-0.2, 0) is 0 Å². The minimum atomic E-state index is 0.301. The SMILES string of the molecule is COc1ccccc1C1=C(COc2cncc(Cl)c2C=O)CCCC1. The molecule has 130 valence electrons. The van der Waals surface area contributed by atoms with Crippen LogP contribution in [0.15, 0.2) is 42.2 Å². The van der Waals surface area contributed by atoms with Gasteiger partial charge in [0.25, 0.3) is 0 Å². The lowest BCUT2D eigenvalue weighted by Gasteiger charge is -2.22. The zero-order valence-corrected chi connectivity index (χ0v) is 14.9. The van der Waals surface area contributed by atoms with Crippen LogP contribution in [0, 0.1) is 0 Å². The van der Waals surface area contributed by atoms with Crippen molar-refractivity contribution in [1.29, 1.82) is 0 Å². The third-order valence-electron chi connectivity index (χ3n) is 4.44. The molecule has 0 fully saturated rings. The molecule has 1 aromatic heterocycles. The number of halogens is 1. The number of para-hydroxylation sites is 1. The first-order valence-electron chi connectivity index (χ1n) is 8.30. The molecule has 0 aliphatic heterocycles. The van der Waals surface area contributed by atoms with E-state index in [2.05, 4.69) is 11.1 Å². The van der Waals surface area contributed by atoms with Crippen LogP contribution in [-0.4, -0.2) is 25.0 Å². The second kappa shape index (κ2) is 8.17. The first kappa shape index (κ1) is 17.5. The van der Waals surface area contributed by atoms with Crippen molar-refractivity contribution in [3.8, 4) is 11.5 Å². The maximum absolute atomic E-state index is 11.2. The topological polar surface area (TPSA) is 48.4 Å². The van der Waals surface area contributed by atoms with Gasteiger partial charge >= 0.3 is 0 Å². The van der Waals surface area contributed by atoms with Crippen LogP contribution in [0.2, 0.25) is 5.02 Å². The summed E-state index contributed by atoms with van der Waals surface area (Å²) >= 11 is 6.01. The van der Waals surface area contributed by atoms with Crippen LogP contribution in [0.25, 0.3) is 5.57 Å². The van der Waals surface area contributed by atoms with E-state index in [1.165, 1.54) is 23.5 Å². The third-order valence-corrected chi connectivity index (χ3v) is 4.74. The minimum absolute atomic E-state index is 0.301. The molecule has 2 aromatic rings. The maximum atomic E-state index is 11.2. The van der Waals surface area contributed by atoms with Gasteiger partial charge in [-0.1, -0.05) is 29.8 Å². The Bertz CT molecular complexity index is 801. The number of aldehydes is 1. The molecule has 0 spiro atoms. The minimum Gasteiger partial charge on any atom is -0.496 e. The van der Waals surface area contributed by atoms with Crippen molar-refractivity contribution in [2.24, 2.45) is 0 Å². The number of pyridine rings is 1. The summed E-state index contributed by atoms with van der Waals surface area (Å²) in [6.07, 6.45) is 7.92. The first-order valence-corrected chi connectivity index (χ1v) is 8.68. The van der Waals surface area contributed by atoms with Gasteiger partial charge in [0, 0.05) is 11.8 Å². The van der Waals surface area contributed by atoms with E-state index >= 15 is 0 Å². The molecule has 0 radical (unpaired) electrons. The Morgan fingerprint density at radius 3 is 2.76 bits per heavy atom. The summed E-state index contributed by atoms with van der Waals surface area (Å²) in [5.74, 6) is 1.29. The number of benzene rings is 1. The Hall–Kier alpha value is -2.33. The third kappa shape index (κ3) is 3.85. The molecule has 5 heteroatoms. The van der Waals surface area contributed by atoms with E-state index in [0.29, 0.717) is 29.2 Å². The Kier molecular flexibility index (Phi) is 5.71. The number of nitrogens with zero attached hydrogens (tertiary/aromatic N) is 1.